The Balaban J connectivity index is 2.10. The number of rotatable bonds is 4. The lowest BCUT2D eigenvalue weighted by atomic mass is 9.79. The third-order valence-electron chi connectivity index (χ3n) is 5.94. The predicted molar refractivity (Wildman–Crippen MR) is 118 cm³/mol. The Morgan fingerprint density at radius 1 is 0.607 bits per heavy atom. The van der Waals surface area contributed by atoms with Crippen LogP contribution in [0.1, 0.15) is 26.3 Å². The van der Waals surface area contributed by atoms with E-state index in [2.05, 4.69) is 60.7 Å². The fourth-order valence-electron chi connectivity index (χ4n) is 3.89. The fourth-order valence-corrected chi connectivity index (χ4v) is 3.89. The highest BCUT2D eigenvalue weighted by Crippen LogP contribution is 2.41. The molecule has 2 N–H and O–H groups in total. The maximum Gasteiger partial charge on any atom is 0.0940 e. The first-order valence-electron chi connectivity index (χ1n) is 9.72. The Bertz CT molecular complexity index is 1080. The van der Waals surface area contributed by atoms with Gasteiger partial charge < -0.3 is 10.2 Å². The van der Waals surface area contributed by atoms with Crippen LogP contribution in [0.5, 0.6) is 0 Å². The minimum absolute atomic E-state index is 0.368. The third kappa shape index (κ3) is 3.09. The molecule has 0 amide bonds. The summed E-state index contributed by atoms with van der Waals surface area (Å²) in [5.41, 5.74) is 0.979. The van der Waals surface area contributed by atoms with Crippen molar-refractivity contribution in [3.05, 3.63) is 84.4 Å². The molecule has 142 valence electrons. The average Bonchev–Trinajstić information content (AvgIpc) is 2.67. The molecule has 28 heavy (non-hydrogen) atoms. The molecule has 4 rings (SSSR count). The number of hydrogen-bond acceptors (Lipinski definition) is 2. The summed E-state index contributed by atoms with van der Waals surface area (Å²) < 4.78 is 0. The molecule has 0 aromatic heterocycles. The van der Waals surface area contributed by atoms with Gasteiger partial charge in [-0.05, 0) is 59.0 Å². The van der Waals surface area contributed by atoms with Crippen molar-refractivity contribution in [3.8, 4) is 11.1 Å². The van der Waals surface area contributed by atoms with Gasteiger partial charge in [0.05, 0.1) is 11.2 Å². The van der Waals surface area contributed by atoms with E-state index in [-0.39, 0.29) is 0 Å². The molecular formula is C26H26O2. The summed E-state index contributed by atoms with van der Waals surface area (Å²) in [5, 5.41) is 26.1. The van der Waals surface area contributed by atoms with E-state index in [4.69, 9.17) is 0 Å². The van der Waals surface area contributed by atoms with Crippen LogP contribution in [-0.2, 0) is 6.42 Å². The van der Waals surface area contributed by atoms with Crippen molar-refractivity contribution in [2.75, 3.05) is 0 Å². The van der Waals surface area contributed by atoms with Crippen LogP contribution in [0.15, 0.2) is 78.9 Å². The van der Waals surface area contributed by atoms with E-state index < -0.39 is 11.2 Å². The normalized spacial score (nSPS) is 14.3. The molecule has 1 unspecified atom stereocenters. The lowest BCUT2D eigenvalue weighted by Gasteiger charge is -2.36. The van der Waals surface area contributed by atoms with Gasteiger partial charge in [0.15, 0.2) is 0 Å². The highest BCUT2D eigenvalue weighted by Gasteiger charge is 2.38. The molecule has 0 saturated carbocycles. The van der Waals surface area contributed by atoms with Crippen LogP contribution in [0.4, 0.5) is 0 Å². The van der Waals surface area contributed by atoms with Gasteiger partial charge in [0, 0.05) is 6.42 Å². The molecule has 4 aromatic rings. The zero-order valence-electron chi connectivity index (χ0n) is 16.6. The number of fused-ring (bicyclic) bond motifs is 2. The molecule has 0 spiro atoms. The highest BCUT2D eigenvalue weighted by molar-refractivity contribution is 6.15. The number of aliphatic hydroxyl groups is 2. The van der Waals surface area contributed by atoms with Gasteiger partial charge >= 0.3 is 0 Å². The summed E-state index contributed by atoms with van der Waals surface area (Å²) in [6, 6.07) is 27.1. The first-order chi connectivity index (χ1) is 13.3. The Morgan fingerprint density at radius 3 is 1.50 bits per heavy atom. The minimum atomic E-state index is -1.26. The van der Waals surface area contributed by atoms with Crippen LogP contribution in [0, 0.1) is 0 Å². The maximum absolute atomic E-state index is 11.1. The van der Waals surface area contributed by atoms with Crippen molar-refractivity contribution in [2.24, 2.45) is 0 Å². The zero-order valence-corrected chi connectivity index (χ0v) is 16.6. The topological polar surface area (TPSA) is 40.5 Å². The van der Waals surface area contributed by atoms with Gasteiger partial charge in [0.2, 0.25) is 0 Å². The summed E-state index contributed by atoms with van der Waals surface area (Å²) in [7, 11) is 0. The van der Waals surface area contributed by atoms with Crippen molar-refractivity contribution >= 4 is 21.5 Å². The van der Waals surface area contributed by atoms with E-state index in [0.717, 1.165) is 27.1 Å². The van der Waals surface area contributed by atoms with Gasteiger partial charge in [-0.25, -0.2) is 0 Å². The molecule has 0 fully saturated rings. The van der Waals surface area contributed by atoms with Crippen molar-refractivity contribution < 1.29 is 10.2 Å². The first kappa shape index (κ1) is 18.7. The standard InChI is InChI=1S/C26H26O2/c1-25(2,27)26(3,28)17-23-19-13-7-9-15-21(19)24(18-11-5-4-6-12-18)22-16-10-8-14-20(22)23/h4-16,27-28H,17H2,1-3H3. The van der Waals surface area contributed by atoms with Crippen LogP contribution in [0.3, 0.4) is 0 Å². The molecule has 0 heterocycles. The predicted octanol–water partition coefficient (Wildman–Crippen LogP) is 5.72. The quantitative estimate of drug-likeness (QED) is 0.451. The van der Waals surface area contributed by atoms with E-state index in [1.54, 1.807) is 20.8 Å². The van der Waals surface area contributed by atoms with Crippen molar-refractivity contribution in [1.82, 2.24) is 0 Å². The molecular weight excluding hydrogens is 344 g/mol. The van der Waals surface area contributed by atoms with Crippen LogP contribution in [0.25, 0.3) is 32.7 Å². The average molecular weight is 370 g/mol. The second kappa shape index (κ2) is 6.73. The van der Waals surface area contributed by atoms with Crippen LogP contribution < -0.4 is 0 Å². The summed E-state index contributed by atoms with van der Waals surface area (Å²) in [6.45, 7) is 5.03. The smallest absolute Gasteiger partial charge is 0.0940 e. The molecule has 0 saturated heterocycles. The minimum Gasteiger partial charge on any atom is -0.387 e. The van der Waals surface area contributed by atoms with E-state index in [9.17, 15) is 10.2 Å². The summed E-state index contributed by atoms with van der Waals surface area (Å²) in [5.74, 6) is 0. The van der Waals surface area contributed by atoms with Crippen LogP contribution >= 0.6 is 0 Å². The molecule has 2 heteroatoms. The van der Waals surface area contributed by atoms with Gasteiger partial charge in [-0.1, -0.05) is 78.9 Å². The third-order valence-corrected chi connectivity index (χ3v) is 5.94. The Hall–Kier alpha value is -2.68. The van der Waals surface area contributed by atoms with Gasteiger partial charge in [-0.3, -0.25) is 0 Å². The molecule has 2 nitrogen and oxygen atoms in total. The largest absolute Gasteiger partial charge is 0.387 e. The van der Waals surface area contributed by atoms with Crippen molar-refractivity contribution in [1.29, 1.82) is 0 Å². The van der Waals surface area contributed by atoms with Gasteiger partial charge in [-0.15, -0.1) is 0 Å². The lowest BCUT2D eigenvalue weighted by molar-refractivity contribution is -0.118. The highest BCUT2D eigenvalue weighted by atomic mass is 16.3. The fraction of sp³-hybridized carbons (Fsp3) is 0.231. The molecule has 0 aliphatic heterocycles. The SMILES string of the molecule is CC(C)(O)C(C)(O)Cc1c2ccccc2c(-c2ccccc2)c2ccccc12. The van der Waals surface area contributed by atoms with Crippen molar-refractivity contribution in [3.63, 3.8) is 0 Å². The second-order valence-corrected chi connectivity index (χ2v) is 8.32. The summed E-state index contributed by atoms with van der Waals surface area (Å²) in [4.78, 5) is 0. The molecule has 0 aliphatic carbocycles. The molecule has 0 aliphatic rings. The molecule has 4 aromatic carbocycles. The van der Waals surface area contributed by atoms with E-state index in [1.165, 1.54) is 11.1 Å². The Morgan fingerprint density at radius 2 is 1.04 bits per heavy atom. The molecule has 0 radical (unpaired) electrons. The van der Waals surface area contributed by atoms with Gasteiger partial charge in [0.1, 0.15) is 0 Å². The van der Waals surface area contributed by atoms with E-state index in [0.29, 0.717) is 6.42 Å². The Labute approximate surface area is 166 Å². The lowest BCUT2D eigenvalue weighted by Crippen LogP contribution is -2.49. The molecule has 0 bridgehead atoms. The summed E-state index contributed by atoms with van der Waals surface area (Å²) in [6.07, 6.45) is 0.368. The number of hydrogen-bond donors (Lipinski definition) is 2. The second-order valence-electron chi connectivity index (χ2n) is 8.32. The zero-order chi connectivity index (χ0) is 19.9. The van der Waals surface area contributed by atoms with Crippen LogP contribution in [0.2, 0.25) is 0 Å². The maximum atomic E-state index is 11.1. The van der Waals surface area contributed by atoms with E-state index >= 15 is 0 Å². The first-order valence-corrected chi connectivity index (χ1v) is 9.72. The Kier molecular flexibility index (Phi) is 4.49. The van der Waals surface area contributed by atoms with Crippen molar-refractivity contribution in [2.45, 2.75) is 38.4 Å². The van der Waals surface area contributed by atoms with Crippen LogP contribution in [-0.4, -0.2) is 21.4 Å². The number of benzene rings is 4. The van der Waals surface area contributed by atoms with Gasteiger partial charge in [-0.2, -0.15) is 0 Å². The monoisotopic (exact) mass is 370 g/mol. The summed E-state index contributed by atoms with van der Waals surface area (Å²) >= 11 is 0. The van der Waals surface area contributed by atoms with Gasteiger partial charge in [0.25, 0.3) is 0 Å². The molecule has 1 atom stereocenters. The van der Waals surface area contributed by atoms with E-state index in [1.807, 2.05) is 18.2 Å².